The summed E-state index contributed by atoms with van der Waals surface area (Å²) in [6.45, 7) is 4.93. The second-order valence-electron chi connectivity index (χ2n) is 4.71. The van der Waals surface area contributed by atoms with E-state index in [2.05, 4.69) is 10.6 Å². The maximum absolute atomic E-state index is 12.3. The highest BCUT2D eigenvalue weighted by atomic mass is 35.5. The molecule has 2 rings (SSSR count). The number of nitrogens with one attached hydrogen (secondary N) is 2. The van der Waals surface area contributed by atoms with Crippen LogP contribution in [0.1, 0.15) is 17.3 Å². The number of carbonyl (C=O) groups is 1. The molecule has 1 amide bonds. The van der Waals surface area contributed by atoms with E-state index in [1.807, 2.05) is 6.92 Å². The molecule has 6 nitrogen and oxygen atoms in total. The first kappa shape index (κ1) is 15.9. The fourth-order valence-corrected chi connectivity index (χ4v) is 2.24. The molecule has 1 aromatic rings. The van der Waals surface area contributed by atoms with E-state index in [0.29, 0.717) is 41.8 Å². The first-order chi connectivity index (χ1) is 10.1. The highest BCUT2D eigenvalue weighted by Gasteiger charge is 2.18. The zero-order valence-corrected chi connectivity index (χ0v) is 12.7. The van der Waals surface area contributed by atoms with Crippen molar-refractivity contribution in [2.24, 2.45) is 0 Å². The number of benzene rings is 1. The third-order valence-electron chi connectivity index (χ3n) is 3.14. The fraction of sp³-hybridized carbons (Fsp3) is 0.500. The van der Waals surface area contributed by atoms with Crippen LogP contribution in [0, 0.1) is 0 Å². The van der Waals surface area contributed by atoms with Gasteiger partial charge in [0.15, 0.2) is 0 Å². The minimum Gasteiger partial charge on any atom is -0.493 e. The monoisotopic (exact) mass is 313 g/mol. The topological polar surface area (TPSA) is 85.6 Å². The third kappa shape index (κ3) is 4.23. The molecule has 116 valence electrons. The molecule has 1 aliphatic heterocycles. The molecule has 0 aliphatic carbocycles. The van der Waals surface area contributed by atoms with Gasteiger partial charge < -0.3 is 25.8 Å². The first-order valence-corrected chi connectivity index (χ1v) is 7.32. The molecule has 0 spiro atoms. The summed E-state index contributed by atoms with van der Waals surface area (Å²) in [5, 5.41) is 6.37. The van der Waals surface area contributed by atoms with Crippen molar-refractivity contribution in [3.05, 3.63) is 22.7 Å². The largest absolute Gasteiger partial charge is 0.493 e. The van der Waals surface area contributed by atoms with E-state index >= 15 is 0 Å². The van der Waals surface area contributed by atoms with E-state index in [1.54, 1.807) is 6.07 Å². The van der Waals surface area contributed by atoms with E-state index in [-0.39, 0.29) is 12.0 Å². The maximum Gasteiger partial charge on any atom is 0.255 e. The average molecular weight is 314 g/mol. The summed E-state index contributed by atoms with van der Waals surface area (Å²) in [5.41, 5.74) is 6.50. The molecule has 1 heterocycles. The van der Waals surface area contributed by atoms with Crippen LogP contribution in [0.4, 0.5) is 5.69 Å². The average Bonchev–Trinajstić information content (AvgIpc) is 2.49. The lowest BCUT2D eigenvalue weighted by Gasteiger charge is -2.24. The van der Waals surface area contributed by atoms with Crippen LogP contribution in [0.25, 0.3) is 0 Å². The Hall–Kier alpha value is -1.50. The van der Waals surface area contributed by atoms with Crippen LogP contribution in [0.2, 0.25) is 5.02 Å². The lowest BCUT2D eigenvalue weighted by atomic mass is 10.1. The van der Waals surface area contributed by atoms with E-state index in [1.165, 1.54) is 6.07 Å². The van der Waals surface area contributed by atoms with E-state index in [9.17, 15) is 4.79 Å². The van der Waals surface area contributed by atoms with Gasteiger partial charge in [-0.1, -0.05) is 11.6 Å². The molecule has 1 fully saturated rings. The summed E-state index contributed by atoms with van der Waals surface area (Å²) in [5.74, 6) is 0.175. The van der Waals surface area contributed by atoms with Crippen LogP contribution in [0.3, 0.4) is 0 Å². The standard InChI is InChI=1S/C14H20ClN3O3/c1-2-20-13-6-12(16)11(15)5-10(13)14(19)18-8-9-7-17-3-4-21-9/h5-6,9,17H,2-4,7-8,16H2,1H3,(H,18,19). The summed E-state index contributed by atoms with van der Waals surface area (Å²) < 4.78 is 11.0. The van der Waals surface area contributed by atoms with Gasteiger partial charge in [-0.2, -0.15) is 0 Å². The van der Waals surface area contributed by atoms with Crippen molar-refractivity contribution in [2.75, 3.05) is 38.6 Å². The number of halogens is 1. The Balaban J connectivity index is 2.04. The Morgan fingerprint density at radius 3 is 3.10 bits per heavy atom. The van der Waals surface area contributed by atoms with Crippen molar-refractivity contribution in [3.8, 4) is 5.75 Å². The molecule has 0 saturated carbocycles. The second kappa shape index (κ2) is 7.49. The summed E-state index contributed by atoms with van der Waals surface area (Å²) in [6, 6.07) is 3.09. The van der Waals surface area contributed by atoms with Crippen molar-refractivity contribution in [2.45, 2.75) is 13.0 Å². The number of anilines is 1. The second-order valence-corrected chi connectivity index (χ2v) is 5.12. The summed E-state index contributed by atoms with van der Waals surface area (Å²) in [4.78, 5) is 12.3. The molecular weight excluding hydrogens is 294 g/mol. The Labute approximate surface area is 128 Å². The number of hydrogen-bond donors (Lipinski definition) is 3. The summed E-state index contributed by atoms with van der Waals surface area (Å²) in [7, 11) is 0. The number of carbonyl (C=O) groups excluding carboxylic acids is 1. The Morgan fingerprint density at radius 1 is 1.62 bits per heavy atom. The van der Waals surface area contributed by atoms with E-state index in [4.69, 9.17) is 26.8 Å². The molecule has 21 heavy (non-hydrogen) atoms. The third-order valence-corrected chi connectivity index (χ3v) is 3.47. The van der Waals surface area contributed by atoms with Gasteiger partial charge in [0.2, 0.25) is 0 Å². The van der Waals surface area contributed by atoms with Crippen LogP contribution >= 0.6 is 11.6 Å². The van der Waals surface area contributed by atoms with Crippen molar-refractivity contribution in [3.63, 3.8) is 0 Å². The number of amides is 1. The Morgan fingerprint density at radius 2 is 2.43 bits per heavy atom. The van der Waals surface area contributed by atoms with E-state index in [0.717, 1.165) is 13.1 Å². The molecule has 4 N–H and O–H groups in total. The van der Waals surface area contributed by atoms with Gasteiger partial charge in [0.25, 0.3) is 5.91 Å². The highest BCUT2D eigenvalue weighted by Crippen LogP contribution is 2.29. The van der Waals surface area contributed by atoms with Gasteiger partial charge in [0.1, 0.15) is 5.75 Å². The van der Waals surface area contributed by atoms with Crippen molar-refractivity contribution in [1.82, 2.24) is 10.6 Å². The van der Waals surface area contributed by atoms with Crippen LogP contribution in [-0.4, -0.2) is 44.9 Å². The van der Waals surface area contributed by atoms with Gasteiger partial charge in [-0.15, -0.1) is 0 Å². The van der Waals surface area contributed by atoms with Crippen molar-refractivity contribution >= 4 is 23.2 Å². The van der Waals surface area contributed by atoms with Gasteiger partial charge in [0.05, 0.1) is 35.6 Å². The molecule has 0 bridgehead atoms. The van der Waals surface area contributed by atoms with Gasteiger partial charge in [-0.05, 0) is 13.0 Å². The van der Waals surface area contributed by atoms with Gasteiger partial charge in [-0.3, -0.25) is 4.79 Å². The predicted octanol–water partition coefficient (Wildman–Crippen LogP) is 1.04. The molecule has 1 saturated heterocycles. The predicted molar refractivity (Wildman–Crippen MR) is 82.0 cm³/mol. The van der Waals surface area contributed by atoms with Crippen LogP contribution in [0.5, 0.6) is 5.75 Å². The Bertz CT molecular complexity index is 504. The lowest BCUT2D eigenvalue weighted by Crippen LogP contribution is -2.45. The van der Waals surface area contributed by atoms with Crippen LogP contribution in [-0.2, 0) is 4.74 Å². The maximum atomic E-state index is 12.3. The SMILES string of the molecule is CCOc1cc(N)c(Cl)cc1C(=O)NCC1CNCCO1. The lowest BCUT2D eigenvalue weighted by molar-refractivity contribution is 0.0287. The molecule has 1 unspecified atom stereocenters. The number of ether oxygens (including phenoxy) is 2. The normalized spacial score (nSPS) is 18.3. The van der Waals surface area contributed by atoms with Crippen molar-refractivity contribution < 1.29 is 14.3 Å². The van der Waals surface area contributed by atoms with E-state index < -0.39 is 0 Å². The molecule has 7 heteroatoms. The number of rotatable bonds is 5. The zero-order chi connectivity index (χ0) is 15.2. The summed E-state index contributed by atoms with van der Waals surface area (Å²) >= 11 is 5.98. The van der Waals surface area contributed by atoms with Crippen LogP contribution in [0.15, 0.2) is 12.1 Å². The molecule has 1 atom stereocenters. The molecule has 0 radical (unpaired) electrons. The van der Waals surface area contributed by atoms with Gasteiger partial charge in [0, 0.05) is 25.7 Å². The van der Waals surface area contributed by atoms with Gasteiger partial charge in [-0.25, -0.2) is 0 Å². The highest BCUT2D eigenvalue weighted by molar-refractivity contribution is 6.33. The van der Waals surface area contributed by atoms with Crippen molar-refractivity contribution in [1.29, 1.82) is 0 Å². The first-order valence-electron chi connectivity index (χ1n) is 6.94. The minimum absolute atomic E-state index is 0.0255. The zero-order valence-electron chi connectivity index (χ0n) is 11.9. The fourth-order valence-electron chi connectivity index (χ4n) is 2.07. The molecule has 1 aromatic carbocycles. The number of nitrogen functional groups attached to an aromatic ring is 1. The quantitative estimate of drug-likeness (QED) is 0.707. The smallest absolute Gasteiger partial charge is 0.255 e. The van der Waals surface area contributed by atoms with Gasteiger partial charge >= 0.3 is 0 Å². The minimum atomic E-state index is -0.255. The molecule has 1 aliphatic rings. The number of nitrogens with two attached hydrogens (primary N) is 1. The Kier molecular flexibility index (Phi) is 5.67. The van der Waals surface area contributed by atoms with Crippen LogP contribution < -0.4 is 21.1 Å². The summed E-state index contributed by atoms with van der Waals surface area (Å²) in [6.07, 6.45) is -0.0255. The number of morpholine rings is 1. The molecule has 0 aromatic heterocycles. The molecular formula is C14H20ClN3O3. The number of hydrogen-bond acceptors (Lipinski definition) is 5.